The number of aromatic nitrogens is 1. The Morgan fingerprint density at radius 2 is 2.31 bits per heavy atom. The molecule has 0 amide bonds. The summed E-state index contributed by atoms with van der Waals surface area (Å²) < 4.78 is 4.94. The third kappa shape index (κ3) is 2.09. The van der Waals surface area contributed by atoms with E-state index in [4.69, 9.17) is 16.2 Å². The lowest BCUT2D eigenvalue weighted by Gasteiger charge is -2.10. The van der Waals surface area contributed by atoms with Crippen molar-refractivity contribution >= 4 is 5.69 Å². The molecule has 1 atom stereocenters. The molecule has 1 rings (SSSR count). The summed E-state index contributed by atoms with van der Waals surface area (Å²) in [4.78, 5) is 4.04. The maximum Gasteiger partial charge on any atom is 0.236 e. The number of anilines is 1. The number of pyridine rings is 1. The van der Waals surface area contributed by atoms with Crippen LogP contribution in [0, 0.1) is 0 Å². The average Bonchev–Trinajstić information content (AvgIpc) is 2.16. The second-order valence-corrected chi connectivity index (χ2v) is 2.88. The number of nitrogen functional groups attached to an aromatic ring is 1. The molecule has 0 bridgehead atoms. The topological polar surface area (TPSA) is 74.2 Å². The average molecular weight is 181 g/mol. The molecule has 4 N–H and O–H groups in total. The minimum absolute atomic E-state index is 0.000654. The summed E-state index contributed by atoms with van der Waals surface area (Å²) in [6.07, 6.45) is 2.57. The SMILES string of the molecule is CC[C@@H](N)c1cnc(OC)c(N)c1. The van der Waals surface area contributed by atoms with E-state index < -0.39 is 0 Å². The van der Waals surface area contributed by atoms with Crippen LogP contribution in [0.2, 0.25) is 0 Å². The van der Waals surface area contributed by atoms with Crippen molar-refractivity contribution in [2.45, 2.75) is 19.4 Å². The molecule has 13 heavy (non-hydrogen) atoms. The monoisotopic (exact) mass is 181 g/mol. The van der Waals surface area contributed by atoms with Gasteiger partial charge in [0.05, 0.1) is 12.8 Å². The first-order chi connectivity index (χ1) is 6.19. The third-order valence-corrected chi connectivity index (χ3v) is 1.96. The van der Waals surface area contributed by atoms with E-state index in [1.165, 1.54) is 7.11 Å². The van der Waals surface area contributed by atoms with Crippen molar-refractivity contribution in [2.24, 2.45) is 5.73 Å². The quantitative estimate of drug-likeness (QED) is 0.731. The van der Waals surface area contributed by atoms with Gasteiger partial charge >= 0.3 is 0 Å². The van der Waals surface area contributed by atoms with Crippen LogP contribution in [0.15, 0.2) is 12.3 Å². The molecule has 0 aliphatic heterocycles. The Balaban J connectivity index is 2.95. The standard InChI is InChI=1S/C9H15N3O/c1-3-7(10)6-4-8(11)9(13-2)12-5-6/h4-5,7H,3,10-11H2,1-2H3/t7-/m1/s1. The van der Waals surface area contributed by atoms with Gasteiger partial charge in [-0.3, -0.25) is 0 Å². The molecule has 0 aliphatic rings. The van der Waals surface area contributed by atoms with Gasteiger partial charge in [0.15, 0.2) is 0 Å². The smallest absolute Gasteiger partial charge is 0.236 e. The van der Waals surface area contributed by atoms with Gasteiger partial charge in [0.25, 0.3) is 0 Å². The van der Waals surface area contributed by atoms with Crippen molar-refractivity contribution < 1.29 is 4.74 Å². The van der Waals surface area contributed by atoms with Crippen LogP contribution in [0.5, 0.6) is 5.88 Å². The zero-order valence-electron chi connectivity index (χ0n) is 7.95. The molecule has 0 saturated heterocycles. The van der Waals surface area contributed by atoms with Gasteiger partial charge in [-0.25, -0.2) is 4.98 Å². The summed E-state index contributed by atoms with van der Waals surface area (Å²) in [5, 5.41) is 0. The first-order valence-electron chi connectivity index (χ1n) is 4.24. The number of nitrogens with two attached hydrogens (primary N) is 2. The zero-order chi connectivity index (χ0) is 9.84. The Morgan fingerprint density at radius 3 is 2.77 bits per heavy atom. The second kappa shape index (κ2) is 4.09. The van der Waals surface area contributed by atoms with Gasteiger partial charge in [0.1, 0.15) is 0 Å². The van der Waals surface area contributed by atoms with Gasteiger partial charge in [-0.1, -0.05) is 6.92 Å². The highest BCUT2D eigenvalue weighted by atomic mass is 16.5. The van der Waals surface area contributed by atoms with E-state index in [1.54, 1.807) is 12.3 Å². The first-order valence-corrected chi connectivity index (χ1v) is 4.24. The van der Waals surface area contributed by atoms with E-state index in [0.717, 1.165) is 12.0 Å². The number of hydrogen-bond donors (Lipinski definition) is 2. The lowest BCUT2D eigenvalue weighted by atomic mass is 10.1. The molecular weight excluding hydrogens is 166 g/mol. The van der Waals surface area contributed by atoms with Crippen molar-refractivity contribution in [2.75, 3.05) is 12.8 Å². The van der Waals surface area contributed by atoms with E-state index in [-0.39, 0.29) is 6.04 Å². The van der Waals surface area contributed by atoms with Gasteiger partial charge < -0.3 is 16.2 Å². The van der Waals surface area contributed by atoms with Gasteiger partial charge in [0, 0.05) is 12.2 Å². The van der Waals surface area contributed by atoms with Crippen molar-refractivity contribution in [3.8, 4) is 5.88 Å². The van der Waals surface area contributed by atoms with Crippen LogP contribution in [0.3, 0.4) is 0 Å². The fourth-order valence-corrected chi connectivity index (χ4v) is 1.10. The summed E-state index contributed by atoms with van der Waals surface area (Å²) in [7, 11) is 1.54. The largest absolute Gasteiger partial charge is 0.480 e. The molecule has 0 unspecified atom stereocenters. The van der Waals surface area contributed by atoms with Crippen LogP contribution >= 0.6 is 0 Å². The molecule has 0 aliphatic carbocycles. The van der Waals surface area contributed by atoms with Crippen molar-refractivity contribution in [1.29, 1.82) is 0 Å². The lowest BCUT2D eigenvalue weighted by Crippen LogP contribution is -2.10. The fraction of sp³-hybridized carbons (Fsp3) is 0.444. The van der Waals surface area contributed by atoms with Gasteiger partial charge in [0.2, 0.25) is 5.88 Å². The Kier molecular flexibility index (Phi) is 3.08. The molecule has 0 aromatic carbocycles. The summed E-state index contributed by atoms with van der Waals surface area (Å²) in [5.41, 5.74) is 13.0. The van der Waals surface area contributed by atoms with Gasteiger partial charge in [-0.05, 0) is 18.1 Å². The Bertz CT molecular complexity index is 288. The van der Waals surface area contributed by atoms with E-state index in [9.17, 15) is 0 Å². The number of rotatable bonds is 3. The molecular formula is C9H15N3O. The molecule has 0 radical (unpaired) electrons. The van der Waals surface area contributed by atoms with Gasteiger partial charge in [-0.2, -0.15) is 0 Å². The fourth-order valence-electron chi connectivity index (χ4n) is 1.10. The van der Waals surface area contributed by atoms with Crippen LogP contribution in [-0.2, 0) is 0 Å². The molecule has 0 fully saturated rings. The van der Waals surface area contributed by atoms with Crippen molar-refractivity contribution in [3.05, 3.63) is 17.8 Å². The van der Waals surface area contributed by atoms with E-state index >= 15 is 0 Å². The Morgan fingerprint density at radius 1 is 1.62 bits per heavy atom. The summed E-state index contributed by atoms with van der Waals surface area (Å²) in [6.45, 7) is 2.02. The highest BCUT2D eigenvalue weighted by Gasteiger charge is 2.07. The number of nitrogens with zero attached hydrogens (tertiary/aromatic N) is 1. The molecule has 4 nitrogen and oxygen atoms in total. The minimum Gasteiger partial charge on any atom is -0.480 e. The Hall–Kier alpha value is -1.29. The predicted octanol–water partition coefficient (Wildman–Crippen LogP) is 1.08. The normalized spacial score (nSPS) is 12.5. The molecule has 1 heterocycles. The number of methoxy groups -OCH3 is 1. The molecule has 1 aromatic rings. The van der Waals surface area contributed by atoms with Crippen LogP contribution < -0.4 is 16.2 Å². The van der Waals surface area contributed by atoms with Crippen molar-refractivity contribution in [3.63, 3.8) is 0 Å². The number of hydrogen-bond acceptors (Lipinski definition) is 4. The van der Waals surface area contributed by atoms with Crippen LogP contribution in [0.25, 0.3) is 0 Å². The molecule has 0 saturated carbocycles. The molecule has 72 valence electrons. The predicted molar refractivity (Wildman–Crippen MR) is 52.4 cm³/mol. The number of ether oxygens (including phenoxy) is 1. The van der Waals surface area contributed by atoms with E-state index in [2.05, 4.69) is 4.98 Å². The highest BCUT2D eigenvalue weighted by molar-refractivity contribution is 5.49. The lowest BCUT2D eigenvalue weighted by molar-refractivity contribution is 0.399. The minimum atomic E-state index is 0.000654. The Labute approximate surface area is 77.9 Å². The molecule has 1 aromatic heterocycles. The van der Waals surface area contributed by atoms with Crippen molar-refractivity contribution in [1.82, 2.24) is 4.98 Å². The van der Waals surface area contributed by atoms with E-state index in [0.29, 0.717) is 11.6 Å². The van der Waals surface area contributed by atoms with Crippen LogP contribution in [0.1, 0.15) is 24.9 Å². The molecule has 0 spiro atoms. The summed E-state index contributed by atoms with van der Waals surface area (Å²) in [5.74, 6) is 0.451. The maximum absolute atomic E-state index is 5.82. The maximum atomic E-state index is 5.82. The van der Waals surface area contributed by atoms with Crippen LogP contribution in [-0.4, -0.2) is 12.1 Å². The summed E-state index contributed by atoms with van der Waals surface area (Å²) in [6, 6.07) is 1.81. The summed E-state index contributed by atoms with van der Waals surface area (Å²) >= 11 is 0. The first kappa shape index (κ1) is 9.80. The van der Waals surface area contributed by atoms with Gasteiger partial charge in [-0.15, -0.1) is 0 Å². The molecule has 4 heteroatoms. The zero-order valence-corrected chi connectivity index (χ0v) is 7.95. The van der Waals surface area contributed by atoms with E-state index in [1.807, 2.05) is 6.92 Å². The van der Waals surface area contributed by atoms with Crippen LogP contribution in [0.4, 0.5) is 5.69 Å². The highest BCUT2D eigenvalue weighted by Crippen LogP contribution is 2.22. The third-order valence-electron chi connectivity index (χ3n) is 1.96. The second-order valence-electron chi connectivity index (χ2n) is 2.88.